The van der Waals surface area contributed by atoms with Gasteiger partial charge in [-0.2, -0.15) is 18.3 Å². The number of rotatable bonds is 4. The monoisotopic (exact) mass is 450 g/mol. The lowest BCUT2D eigenvalue weighted by atomic mass is 10.1. The fraction of sp³-hybridized carbons (Fsp3) is 0.200. The van der Waals surface area contributed by atoms with Gasteiger partial charge in [-0.25, -0.2) is 4.68 Å². The van der Waals surface area contributed by atoms with Gasteiger partial charge in [-0.3, -0.25) is 25.2 Å². The molecule has 1 heterocycles. The van der Waals surface area contributed by atoms with Crippen molar-refractivity contribution in [1.82, 2.24) is 20.6 Å². The molecule has 2 aromatic carbocycles. The number of carbonyl (C=O) groups excluding carboxylic acids is 2. The van der Waals surface area contributed by atoms with Gasteiger partial charge in [-0.15, -0.1) is 0 Å². The summed E-state index contributed by atoms with van der Waals surface area (Å²) in [6, 6.07) is 11.2. The predicted octanol–water partition coefficient (Wildman–Crippen LogP) is 3.66. The van der Waals surface area contributed by atoms with E-state index in [1.54, 1.807) is 38.1 Å². The van der Waals surface area contributed by atoms with Crippen molar-refractivity contribution in [3.8, 4) is 0 Å². The number of hydrazine groups is 1. The maximum Gasteiger partial charge on any atom is 0.446 e. The summed E-state index contributed by atoms with van der Waals surface area (Å²) < 4.78 is 39.3. The van der Waals surface area contributed by atoms with Crippen molar-refractivity contribution < 1.29 is 22.8 Å². The van der Waals surface area contributed by atoms with E-state index in [2.05, 4.69) is 16.0 Å². The molecule has 31 heavy (non-hydrogen) atoms. The maximum absolute atomic E-state index is 12.7. The molecule has 162 valence electrons. The second kappa shape index (κ2) is 8.80. The topological polar surface area (TPSA) is 93.1 Å². The Balaban J connectivity index is 1.87. The minimum absolute atomic E-state index is 0.109. The number of nitrogens with zero attached hydrogens (tertiary/aromatic N) is 2. The summed E-state index contributed by atoms with van der Waals surface area (Å²) in [6.45, 7) is 3.45. The number of benzene rings is 2. The third-order valence-corrected chi connectivity index (χ3v) is 4.99. The number of hydrogen-bond acceptors (Lipinski definition) is 5. The van der Waals surface area contributed by atoms with Gasteiger partial charge in [0.1, 0.15) is 0 Å². The van der Waals surface area contributed by atoms with E-state index in [0.717, 1.165) is 10.7 Å². The quantitative estimate of drug-likeness (QED) is 0.468. The van der Waals surface area contributed by atoms with E-state index < -0.39 is 29.1 Å². The Morgan fingerprint density at radius 3 is 2.19 bits per heavy atom. The van der Waals surface area contributed by atoms with Crippen LogP contribution in [-0.4, -0.2) is 27.1 Å². The Labute approximate surface area is 178 Å². The van der Waals surface area contributed by atoms with Crippen LogP contribution >= 0.6 is 11.8 Å². The summed E-state index contributed by atoms with van der Waals surface area (Å²) in [4.78, 5) is 37.3. The van der Waals surface area contributed by atoms with Crippen molar-refractivity contribution in [1.29, 1.82) is 0 Å². The lowest BCUT2D eigenvalue weighted by molar-refractivity contribution is -0.0328. The summed E-state index contributed by atoms with van der Waals surface area (Å²) in [7, 11) is 0. The number of carbonyl (C=O) groups is 2. The van der Waals surface area contributed by atoms with E-state index in [4.69, 9.17) is 0 Å². The minimum Gasteiger partial charge on any atom is -0.267 e. The Kier molecular flexibility index (Phi) is 6.34. The van der Waals surface area contributed by atoms with Crippen LogP contribution in [0.3, 0.4) is 0 Å². The Morgan fingerprint density at radius 1 is 0.968 bits per heavy atom. The average molecular weight is 450 g/mol. The SMILES string of the molecule is CC(C)n1nc(C(=O)NNC(=O)c2ccccc2SC(F)(F)F)c2ccccc2c1=O. The normalized spacial score (nSPS) is 11.5. The molecule has 0 aliphatic heterocycles. The van der Waals surface area contributed by atoms with Crippen LogP contribution in [0.5, 0.6) is 0 Å². The Bertz CT molecular complexity index is 1210. The maximum atomic E-state index is 12.7. The van der Waals surface area contributed by atoms with Crippen LogP contribution < -0.4 is 16.4 Å². The molecule has 2 amide bonds. The van der Waals surface area contributed by atoms with E-state index in [9.17, 15) is 27.6 Å². The van der Waals surface area contributed by atoms with Crippen molar-refractivity contribution in [2.24, 2.45) is 0 Å². The van der Waals surface area contributed by atoms with Gasteiger partial charge in [0.05, 0.1) is 17.0 Å². The molecular formula is C20H17F3N4O3S. The summed E-state index contributed by atoms with van der Waals surface area (Å²) >= 11 is -0.429. The van der Waals surface area contributed by atoms with Gasteiger partial charge in [0.15, 0.2) is 5.69 Å². The van der Waals surface area contributed by atoms with Crippen molar-refractivity contribution in [3.63, 3.8) is 0 Å². The van der Waals surface area contributed by atoms with Crippen LogP contribution in [0.4, 0.5) is 13.2 Å². The molecule has 3 rings (SSSR count). The number of alkyl halides is 3. The third kappa shape index (κ3) is 5.05. The second-order valence-corrected chi connectivity index (χ2v) is 7.80. The fourth-order valence-corrected chi connectivity index (χ4v) is 3.50. The zero-order chi connectivity index (χ0) is 22.8. The fourth-order valence-electron chi connectivity index (χ4n) is 2.83. The molecule has 0 aliphatic carbocycles. The highest BCUT2D eigenvalue weighted by Crippen LogP contribution is 2.38. The van der Waals surface area contributed by atoms with Gasteiger partial charge < -0.3 is 0 Å². The first-order valence-electron chi connectivity index (χ1n) is 9.05. The number of amides is 2. The number of nitrogens with one attached hydrogen (secondary N) is 2. The van der Waals surface area contributed by atoms with Crippen LogP contribution in [0, 0.1) is 0 Å². The Hall–Kier alpha value is -3.34. The molecule has 2 N–H and O–H groups in total. The molecule has 0 fully saturated rings. The number of fused-ring (bicyclic) bond motifs is 1. The molecule has 0 saturated carbocycles. The first-order valence-corrected chi connectivity index (χ1v) is 9.87. The predicted molar refractivity (Wildman–Crippen MR) is 110 cm³/mol. The van der Waals surface area contributed by atoms with Crippen molar-refractivity contribution in [2.75, 3.05) is 0 Å². The highest BCUT2D eigenvalue weighted by molar-refractivity contribution is 8.00. The molecule has 0 saturated heterocycles. The smallest absolute Gasteiger partial charge is 0.267 e. The molecule has 0 atom stereocenters. The van der Waals surface area contributed by atoms with Crippen molar-refractivity contribution >= 4 is 34.3 Å². The first kappa shape index (κ1) is 22.3. The van der Waals surface area contributed by atoms with Gasteiger partial charge in [0.25, 0.3) is 17.4 Å². The van der Waals surface area contributed by atoms with Crippen molar-refractivity contribution in [2.45, 2.75) is 30.3 Å². The zero-order valence-corrected chi connectivity index (χ0v) is 17.2. The summed E-state index contributed by atoms with van der Waals surface area (Å²) in [5.74, 6) is -1.75. The molecule has 0 unspecified atom stereocenters. The van der Waals surface area contributed by atoms with E-state index >= 15 is 0 Å². The molecule has 0 spiro atoms. The minimum atomic E-state index is -4.58. The van der Waals surface area contributed by atoms with Crippen LogP contribution in [0.15, 0.2) is 58.2 Å². The average Bonchev–Trinajstić information content (AvgIpc) is 2.71. The van der Waals surface area contributed by atoms with Gasteiger partial charge in [0.2, 0.25) is 0 Å². The van der Waals surface area contributed by atoms with E-state index in [0.29, 0.717) is 0 Å². The van der Waals surface area contributed by atoms with E-state index in [-0.39, 0.29) is 38.5 Å². The second-order valence-electron chi connectivity index (χ2n) is 6.69. The molecule has 0 bridgehead atoms. The lowest BCUT2D eigenvalue weighted by Crippen LogP contribution is -2.43. The van der Waals surface area contributed by atoms with Crippen LogP contribution in [-0.2, 0) is 0 Å². The highest BCUT2D eigenvalue weighted by atomic mass is 32.2. The highest BCUT2D eigenvalue weighted by Gasteiger charge is 2.31. The molecule has 0 radical (unpaired) electrons. The van der Waals surface area contributed by atoms with Gasteiger partial charge in [0, 0.05) is 10.3 Å². The number of thioether (sulfide) groups is 1. The first-order chi connectivity index (χ1) is 14.6. The molecule has 11 heteroatoms. The summed E-state index contributed by atoms with van der Waals surface area (Å²) in [6.07, 6.45) is 0. The number of aromatic nitrogens is 2. The zero-order valence-electron chi connectivity index (χ0n) is 16.4. The van der Waals surface area contributed by atoms with Crippen LogP contribution in [0.25, 0.3) is 10.8 Å². The standard InChI is InChI=1S/C20H17F3N4O3S/c1-11(2)27-19(30)13-8-4-3-7-12(13)16(26-27)18(29)25-24-17(28)14-9-5-6-10-15(14)31-20(21,22)23/h3-11H,1-2H3,(H,24,28)(H,25,29). The molecule has 0 aliphatic rings. The van der Waals surface area contributed by atoms with Crippen molar-refractivity contribution in [3.05, 3.63) is 70.1 Å². The largest absolute Gasteiger partial charge is 0.446 e. The molecule has 3 aromatic rings. The number of hydrogen-bond donors (Lipinski definition) is 2. The third-order valence-electron chi connectivity index (χ3n) is 4.18. The van der Waals surface area contributed by atoms with E-state index in [1.807, 2.05) is 0 Å². The molecule has 1 aromatic heterocycles. The number of halogens is 3. The van der Waals surface area contributed by atoms with Crippen LogP contribution in [0.1, 0.15) is 40.7 Å². The van der Waals surface area contributed by atoms with Crippen LogP contribution in [0.2, 0.25) is 0 Å². The van der Waals surface area contributed by atoms with E-state index in [1.165, 1.54) is 18.2 Å². The summed E-state index contributed by atoms with van der Waals surface area (Å²) in [5, 5.41) is 4.66. The molecular weight excluding hydrogens is 433 g/mol. The molecule has 7 nitrogen and oxygen atoms in total. The van der Waals surface area contributed by atoms with Gasteiger partial charge in [-0.05, 0) is 43.8 Å². The lowest BCUT2D eigenvalue weighted by Gasteiger charge is -2.14. The van der Waals surface area contributed by atoms with Gasteiger partial charge >= 0.3 is 5.51 Å². The van der Waals surface area contributed by atoms with Gasteiger partial charge in [-0.1, -0.05) is 30.3 Å². The Morgan fingerprint density at radius 2 is 1.55 bits per heavy atom. The summed E-state index contributed by atoms with van der Waals surface area (Å²) in [5.41, 5.74) is -1.05.